The Morgan fingerprint density at radius 2 is 1.75 bits per heavy atom. The first kappa shape index (κ1) is 19.8. The summed E-state index contributed by atoms with van der Waals surface area (Å²) in [6, 6.07) is 14.7. The van der Waals surface area contributed by atoms with E-state index in [9.17, 15) is 4.79 Å². The van der Waals surface area contributed by atoms with Crippen molar-refractivity contribution in [3.8, 4) is 16.8 Å². The predicted molar refractivity (Wildman–Crippen MR) is 112 cm³/mol. The highest BCUT2D eigenvalue weighted by Crippen LogP contribution is 2.24. The number of nitrogens with zero attached hydrogens (tertiary/aromatic N) is 2. The molecule has 2 aromatic carbocycles. The number of nitrogens with one attached hydrogen (secondary N) is 1. The van der Waals surface area contributed by atoms with Crippen molar-refractivity contribution in [2.24, 2.45) is 0 Å². The van der Waals surface area contributed by atoms with Crippen LogP contribution >= 0.6 is 0 Å². The second-order valence-corrected chi connectivity index (χ2v) is 7.25. The van der Waals surface area contributed by atoms with E-state index in [0.717, 1.165) is 11.3 Å². The van der Waals surface area contributed by atoms with Crippen LogP contribution in [0.25, 0.3) is 16.8 Å². The average molecular weight is 377 g/mol. The third kappa shape index (κ3) is 4.87. The van der Waals surface area contributed by atoms with E-state index < -0.39 is 0 Å². The van der Waals surface area contributed by atoms with E-state index >= 15 is 0 Å². The predicted octanol–water partition coefficient (Wildman–Crippen LogP) is 4.31. The summed E-state index contributed by atoms with van der Waals surface area (Å²) in [6.45, 7) is 9.11. The van der Waals surface area contributed by atoms with Gasteiger partial charge in [0.2, 0.25) is 0 Å². The van der Waals surface area contributed by atoms with Gasteiger partial charge in [0, 0.05) is 12.2 Å². The van der Waals surface area contributed by atoms with Crippen LogP contribution in [0.4, 0.5) is 0 Å². The molecular formula is C23H27N3O2. The van der Waals surface area contributed by atoms with Crippen molar-refractivity contribution in [1.82, 2.24) is 14.9 Å². The van der Waals surface area contributed by atoms with Gasteiger partial charge in [0.05, 0.1) is 25.2 Å². The van der Waals surface area contributed by atoms with E-state index in [-0.39, 0.29) is 12.0 Å². The maximum Gasteiger partial charge on any atom is 0.270 e. The Hall–Kier alpha value is -2.92. The minimum Gasteiger partial charge on any atom is -0.377 e. The summed E-state index contributed by atoms with van der Waals surface area (Å²) in [5.41, 5.74) is 6.23. The highest BCUT2D eigenvalue weighted by atomic mass is 16.5. The van der Waals surface area contributed by atoms with Gasteiger partial charge >= 0.3 is 0 Å². The lowest BCUT2D eigenvalue weighted by Gasteiger charge is -2.11. The number of imidazole rings is 1. The van der Waals surface area contributed by atoms with Crippen molar-refractivity contribution in [2.75, 3.05) is 13.2 Å². The standard InChI is InChI=1S/C23H27N3O2/c1-16(2)28-10-9-25-23(27)22-14-24-15-26(22)21-7-5-19(6-8-21)20-12-17(3)11-18(4)13-20/h5-8,11-16H,9-10H2,1-4H3,(H,25,27). The molecule has 0 unspecified atom stereocenters. The molecule has 0 aliphatic carbocycles. The molecule has 0 radical (unpaired) electrons. The third-order valence-electron chi connectivity index (χ3n) is 4.41. The van der Waals surface area contributed by atoms with Gasteiger partial charge in [-0.2, -0.15) is 0 Å². The highest BCUT2D eigenvalue weighted by Gasteiger charge is 2.13. The molecule has 0 saturated carbocycles. The largest absolute Gasteiger partial charge is 0.377 e. The zero-order valence-electron chi connectivity index (χ0n) is 16.9. The Bertz CT molecular complexity index is 922. The van der Waals surface area contributed by atoms with Crippen molar-refractivity contribution < 1.29 is 9.53 Å². The van der Waals surface area contributed by atoms with Crippen LogP contribution in [0.1, 0.15) is 35.5 Å². The van der Waals surface area contributed by atoms with E-state index in [0.29, 0.717) is 18.8 Å². The maximum atomic E-state index is 12.5. The molecule has 0 spiro atoms. The monoisotopic (exact) mass is 377 g/mol. The molecule has 3 rings (SSSR count). The topological polar surface area (TPSA) is 56.2 Å². The van der Waals surface area contributed by atoms with Crippen molar-refractivity contribution in [1.29, 1.82) is 0 Å². The van der Waals surface area contributed by atoms with Gasteiger partial charge in [-0.1, -0.05) is 41.5 Å². The average Bonchev–Trinajstić information content (AvgIpc) is 3.14. The maximum absolute atomic E-state index is 12.5. The van der Waals surface area contributed by atoms with Crippen molar-refractivity contribution in [3.05, 3.63) is 71.8 Å². The minimum absolute atomic E-state index is 0.151. The molecule has 1 amide bonds. The van der Waals surface area contributed by atoms with Gasteiger partial charge in [-0.15, -0.1) is 0 Å². The van der Waals surface area contributed by atoms with Gasteiger partial charge in [-0.25, -0.2) is 4.98 Å². The van der Waals surface area contributed by atoms with E-state index in [2.05, 4.69) is 54.5 Å². The summed E-state index contributed by atoms with van der Waals surface area (Å²) in [6.07, 6.45) is 3.39. The van der Waals surface area contributed by atoms with Gasteiger partial charge in [-0.05, 0) is 51.0 Å². The molecule has 0 aliphatic rings. The number of aryl methyl sites for hydroxylation is 2. The van der Waals surface area contributed by atoms with Crippen LogP contribution in [-0.2, 0) is 4.74 Å². The van der Waals surface area contributed by atoms with Crippen molar-refractivity contribution in [2.45, 2.75) is 33.8 Å². The van der Waals surface area contributed by atoms with Gasteiger partial charge in [0.1, 0.15) is 5.69 Å². The number of rotatable bonds is 7. The molecule has 5 heteroatoms. The molecule has 0 bridgehead atoms. The molecule has 146 valence electrons. The fraction of sp³-hybridized carbons (Fsp3) is 0.304. The van der Waals surface area contributed by atoms with Crippen LogP contribution in [0, 0.1) is 13.8 Å². The van der Waals surface area contributed by atoms with Crippen LogP contribution in [0.2, 0.25) is 0 Å². The highest BCUT2D eigenvalue weighted by molar-refractivity contribution is 5.93. The van der Waals surface area contributed by atoms with E-state index in [1.54, 1.807) is 17.1 Å². The quantitative estimate of drug-likeness (QED) is 0.624. The minimum atomic E-state index is -0.164. The summed E-state index contributed by atoms with van der Waals surface area (Å²) in [5.74, 6) is -0.164. The number of hydrogen-bond acceptors (Lipinski definition) is 3. The van der Waals surface area contributed by atoms with Gasteiger partial charge in [-0.3, -0.25) is 9.36 Å². The number of ether oxygens (including phenoxy) is 1. The molecule has 0 fully saturated rings. The molecule has 3 aromatic rings. The lowest BCUT2D eigenvalue weighted by molar-refractivity contribution is 0.0744. The molecule has 1 N–H and O–H groups in total. The number of aromatic nitrogens is 2. The lowest BCUT2D eigenvalue weighted by Crippen LogP contribution is -2.29. The Labute approximate surface area is 166 Å². The second kappa shape index (κ2) is 8.85. The number of hydrogen-bond donors (Lipinski definition) is 1. The van der Waals surface area contributed by atoms with Crippen LogP contribution in [-0.4, -0.2) is 34.7 Å². The first-order chi connectivity index (χ1) is 13.4. The van der Waals surface area contributed by atoms with Gasteiger partial charge < -0.3 is 10.1 Å². The summed E-state index contributed by atoms with van der Waals surface area (Å²) < 4.78 is 7.25. The zero-order chi connectivity index (χ0) is 20.1. The van der Waals surface area contributed by atoms with Crippen LogP contribution < -0.4 is 5.32 Å². The zero-order valence-corrected chi connectivity index (χ0v) is 16.9. The molecule has 1 aromatic heterocycles. The summed E-state index contributed by atoms with van der Waals surface area (Å²) in [4.78, 5) is 16.6. The van der Waals surface area contributed by atoms with Crippen LogP contribution in [0.15, 0.2) is 55.0 Å². The molecular weight excluding hydrogens is 350 g/mol. The molecule has 28 heavy (non-hydrogen) atoms. The molecule has 0 saturated heterocycles. The Balaban J connectivity index is 1.74. The lowest BCUT2D eigenvalue weighted by atomic mass is 10.0. The van der Waals surface area contributed by atoms with Crippen LogP contribution in [0.5, 0.6) is 0 Å². The fourth-order valence-corrected chi connectivity index (χ4v) is 3.17. The summed E-state index contributed by atoms with van der Waals surface area (Å²) >= 11 is 0. The fourth-order valence-electron chi connectivity index (χ4n) is 3.17. The molecule has 0 atom stereocenters. The Morgan fingerprint density at radius 1 is 1.07 bits per heavy atom. The molecule has 5 nitrogen and oxygen atoms in total. The smallest absolute Gasteiger partial charge is 0.270 e. The van der Waals surface area contributed by atoms with Crippen molar-refractivity contribution in [3.63, 3.8) is 0 Å². The van der Waals surface area contributed by atoms with E-state index in [4.69, 9.17) is 4.74 Å². The normalized spacial score (nSPS) is 11.0. The number of amides is 1. The van der Waals surface area contributed by atoms with Gasteiger partial charge in [0.15, 0.2) is 0 Å². The Morgan fingerprint density at radius 3 is 2.39 bits per heavy atom. The Kier molecular flexibility index (Phi) is 6.26. The van der Waals surface area contributed by atoms with Crippen molar-refractivity contribution >= 4 is 5.91 Å². The molecule has 1 heterocycles. The molecule has 0 aliphatic heterocycles. The SMILES string of the molecule is Cc1cc(C)cc(-c2ccc(-n3cncc3C(=O)NCCOC(C)C)cc2)c1. The summed E-state index contributed by atoms with van der Waals surface area (Å²) in [5, 5.41) is 2.88. The van der Waals surface area contributed by atoms with E-state index in [1.165, 1.54) is 16.7 Å². The van der Waals surface area contributed by atoms with Gasteiger partial charge in [0.25, 0.3) is 5.91 Å². The van der Waals surface area contributed by atoms with Crippen LogP contribution in [0.3, 0.4) is 0 Å². The van der Waals surface area contributed by atoms with E-state index in [1.807, 2.05) is 26.0 Å². The number of carbonyl (C=O) groups excluding carboxylic acids is 1. The first-order valence-electron chi connectivity index (χ1n) is 9.55. The second-order valence-electron chi connectivity index (χ2n) is 7.25. The summed E-state index contributed by atoms with van der Waals surface area (Å²) in [7, 11) is 0. The third-order valence-corrected chi connectivity index (χ3v) is 4.41. The number of benzene rings is 2. The number of carbonyl (C=O) groups is 1. The first-order valence-corrected chi connectivity index (χ1v) is 9.55.